The Hall–Kier alpha value is -2.89. The third kappa shape index (κ3) is 7.55. The average Bonchev–Trinajstić information content (AvgIpc) is 2.85. The maximum atomic E-state index is 14.6. The van der Waals surface area contributed by atoms with Crippen LogP contribution in [0.1, 0.15) is 37.0 Å². The molecule has 2 amide bonds. The lowest BCUT2D eigenvalue weighted by Gasteiger charge is -2.32. The van der Waals surface area contributed by atoms with Gasteiger partial charge in [-0.3, -0.25) is 9.59 Å². The summed E-state index contributed by atoms with van der Waals surface area (Å²) < 4.78 is 14.6. The van der Waals surface area contributed by atoms with E-state index in [4.69, 9.17) is 23.2 Å². The number of halogens is 3. The van der Waals surface area contributed by atoms with Crippen molar-refractivity contribution in [2.75, 3.05) is 0 Å². The first kappa shape index (κ1) is 26.7. The van der Waals surface area contributed by atoms with Crippen molar-refractivity contribution >= 4 is 35.0 Å². The van der Waals surface area contributed by atoms with Crippen molar-refractivity contribution in [3.05, 3.63) is 105 Å². The van der Waals surface area contributed by atoms with Crippen LogP contribution in [-0.2, 0) is 29.0 Å². The quantitative estimate of drug-likeness (QED) is 0.348. The molecule has 0 saturated carbocycles. The van der Waals surface area contributed by atoms with Gasteiger partial charge in [0, 0.05) is 24.6 Å². The van der Waals surface area contributed by atoms with Gasteiger partial charge in [0.25, 0.3) is 0 Å². The van der Waals surface area contributed by atoms with Crippen LogP contribution in [0.15, 0.2) is 72.8 Å². The Balaban J connectivity index is 1.99. The summed E-state index contributed by atoms with van der Waals surface area (Å²) in [6.45, 7) is 3.85. The van der Waals surface area contributed by atoms with Crippen LogP contribution in [0.5, 0.6) is 0 Å². The summed E-state index contributed by atoms with van der Waals surface area (Å²) in [5, 5.41) is 3.73. The molecule has 184 valence electrons. The molecule has 2 unspecified atom stereocenters. The van der Waals surface area contributed by atoms with Crippen molar-refractivity contribution in [2.45, 2.75) is 51.7 Å². The number of hydrogen-bond donors (Lipinski definition) is 1. The fraction of sp³-hybridized carbons (Fsp3) is 0.286. The van der Waals surface area contributed by atoms with Crippen molar-refractivity contribution in [3.63, 3.8) is 0 Å². The molecule has 3 rings (SSSR count). The molecule has 4 nitrogen and oxygen atoms in total. The molecular formula is C28H29Cl2FN2O2. The van der Waals surface area contributed by atoms with Crippen molar-refractivity contribution in [1.82, 2.24) is 10.2 Å². The van der Waals surface area contributed by atoms with Crippen molar-refractivity contribution in [1.29, 1.82) is 0 Å². The Morgan fingerprint density at radius 3 is 2.29 bits per heavy atom. The van der Waals surface area contributed by atoms with Crippen molar-refractivity contribution in [3.8, 4) is 0 Å². The topological polar surface area (TPSA) is 49.4 Å². The lowest BCUT2D eigenvalue weighted by molar-refractivity contribution is -0.141. The molecule has 0 fully saturated rings. The first-order valence-electron chi connectivity index (χ1n) is 11.6. The van der Waals surface area contributed by atoms with Crippen LogP contribution in [0.3, 0.4) is 0 Å². The second kappa shape index (κ2) is 12.7. The predicted molar refractivity (Wildman–Crippen MR) is 139 cm³/mol. The van der Waals surface area contributed by atoms with E-state index in [0.717, 1.165) is 12.0 Å². The predicted octanol–water partition coefficient (Wildman–Crippen LogP) is 6.23. The van der Waals surface area contributed by atoms with Gasteiger partial charge < -0.3 is 10.2 Å². The Morgan fingerprint density at radius 1 is 0.943 bits per heavy atom. The smallest absolute Gasteiger partial charge is 0.243 e. The molecule has 0 bridgehead atoms. The van der Waals surface area contributed by atoms with Gasteiger partial charge in [-0.15, -0.1) is 0 Å². The molecule has 0 heterocycles. The normalized spacial score (nSPS) is 12.6. The second-order valence-corrected chi connectivity index (χ2v) is 9.38. The minimum atomic E-state index is -0.832. The lowest BCUT2D eigenvalue weighted by atomic mass is 10.0. The van der Waals surface area contributed by atoms with Gasteiger partial charge in [-0.2, -0.15) is 0 Å². The lowest BCUT2D eigenvalue weighted by Crippen LogP contribution is -2.52. The molecule has 3 aromatic rings. The van der Waals surface area contributed by atoms with Gasteiger partial charge in [0.1, 0.15) is 11.9 Å². The van der Waals surface area contributed by atoms with E-state index in [1.54, 1.807) is 36.4 Å². The molecule has 0 radical (unpaired) electrons. The Kier molecular flexibility index (Phi) is 9.70. The van der Waals surface area contributed by atoms with Gasteiger partial charge in [-0.05, 0) is 42.7 Å². The van der Waals surface area contributed by atoms with Gasteiger partial charge in [0.2, 0.25) is 11.8 Å². The summed E-state index contributed by atoms with van der Waals surface area (Å²) in [6, 6.07) is 19.9. The van der Waals surface area contributed by atoms with Crippen LogP contribution in [0, 0.1) is 5.82 Å². The SMILES string of the molecule is CCC(C)NC(=O)C(Cc1ccccc1)N(Cc1ccccc1F)C(=O)Cc1ccc(Cl)c(Cl)c1. The summed E-state index contributed by atoms with van der Waals surface area (Å²) in [5.74, 6) is -1.02. The maximum absolute atomic E-state index is 14.6. The van der Waals surface area contributed by atoms with Gasteiger partial charge in [0.15, 0.2) is 0 Å². The third-order valence-corrected chi connectivity index (χ3v) is 6.65. The van der Waals surface area contributed by atoms with E-state index in [9.17, 15) is 14.0 Å². The Labute approximate surface area is 216 Å². The summed E-state index contributed by atoms with van der Waals surface area (Å²) in [6.07, 6.45) is 1.03. The summed E-state index contributed by atoms with van der Waals surface area (Å²) in [5.41, 5.74) is 1.89. The highest BCUT2D eigenvalue weighted by Gasteiger charge is 2.31. The molecule has 35 heavy (non-hydrogen) atoms. The minimum Gasteiger partial charge on any atom is -0.352 e. The number of carbonyl (C=O) groups is 2. The largest absolute Gasteiger partial charge is 0.352 e. The zero-order valence-corrected chi connectivity index (χ0v) is 21.3. The number of nitrogens with zero attached hydrogens (tertiary/aromatic N) is 1. The van der Waals surface area contributed by atoms with Gasteiger partial charge >= 0.3 is 0 Å². The van der Waals surface area contributed by atoms with E-state index in [0.29, 0.717) is 27.6 Å². The van der Waals surface area contributed by atoms with Crippen LogP contribution in [0.2, 0.25) is 10.0 Å². The van der Waals surface area contributed by atoms with Gasteiger partial charge in [-0.1, -0.05) is 84.7 Å². The summed E-state index contributed by atoms with van der Waals surface area (Å²) in [4.78, 5) is 28.6. The first-order valence-corrected chi connectivity index (χ1v) is 12.3. The standard InChI is InChI=1S/C28H29Cl2FN2O2/c1-3-19(2)32-28(35)26(16-20-9-5-4-6-10-20)33(18-22-11-7-8-12-25(22)31)27(34)17-21-13-14-23(29)24(30)15-21/h4-15,19,26H,3,16-18H2,1-2H3,(H,32,35). The fourth-order valence-corrected chi connectivity index (χ4v) is 4.05. The highest BCUT2D eigenvalue weighted by Crippen LogP contribution is 2.24. The average molecular weight is 515 g/mol. The number of benzene rings is 3. The highest BCUT2D eigenvalue weighted by atomic mass is 35.5. The number of carbonyl (C=O) groups excluding carboxylic acids is 2. The van der Waals surface area contributed by atoms with Crippen LogP contribution in [0.25, 0.3) is 0 Å². The zero-order chi connectivity index (χ0) is 25.4. The molecular weight excluding hydrogens is 486 g/mol. The van der Waals surface area contributed by atoms with E-state index in [2.05, 4.69) is 5.32 Å². The molecule has 1 N–H and O–H groups in total. The van der Waals surface area contributed by atoms with Crippen molar-refractivity contribution in [2.24, 2.45) is 0 Å². The van der Waals surface area contributed by atoms with Crippen LogP contribution < -0.4 is 5.32 Å². The third-order valence-electron chi connectivity index (χ3n) is 5.91. The maximum Gasteiger partial charge on any atom is 0.243 e. The van der Waals surface area contributed by atoms with Crippen molar-refractivity contribution < 1.29 is 14.0 Å². The number of amides is 2. The molecule has 0 aliphatic heterocycles. The van der Waals surface area contributed by atoms with E-state index in [-0.39, 0.29) is 30.8 Å². The van der Waals surface area contributed by atoms with E-state index >= 15 is 0 Å². The second-order valence-electron chi connectivity index (χ2n) is 8.56. The van der Waals surface area contributed by atoms with E-state index in [1.807, 2.05) is 44.2 Å². The van der Waals surface area contributed by atoms with Crippen LogP contribution in [-0.4, -0.2) is 28.8 Å². The molecule has 2 atom stereocenters. The molecule has 7 heteroatoms. The molecule has 0 spiro atoms. The summed E-state index contributed by atoms with van der Waals surface area (Å²) >= 11 is 12.2. The summed E-state index contributed by atoms with van der Waals surface area (Å²) in [7, 11) is 0. The van der Waals surface area contributed by atoms with Gasteiger partial charge in [-0.25, -0.2) is 4.39 Å². The zero-order valence-electron chi connectivity index (χ0n) is 19.8. The van der Waals surface area contributed by atoms with Crippen LogP contribution in [0.4, 0.5) is 4.39 Å². The number of nitrogens with one attached hydrogen (secondary N) is 1. The number of rotatable bonds is 10. The molecule has 3 aromatic carbocycles. The molecule has 0 aliphatic carbocycles. The fourth-order valence-electron chi connectivity index (χ4n) is 3.73. The minimum absolute atomic E-state index is 0.00670. The van der Waals surface area contributed by atoms with Gasteiger partial charge in [0.05, 0.1) is 16.5 Å². The van der Waals surface area contributed by atoms with Crippen LogP contribution >= 0.6 is 23.2 Å². The monoisotopic (exact) mass is 514 g/mol. The first-order chi connectivity index (χ1) is 16.8. The number of hydrogen-bond acceptors (Lipinski definition) is 2. The molecule has 0 aromatic heterocycles. The molecule has 0 aliphatic rings. The Bertz CT molecular complexity index is 1160. The van der Waals surface area contributed by atoms with E-state index < -0.39 is 11.9 Å². The highest BCUT2D eigenvalue weighted by molar-refractivity contribution is 6.42. The molecule has 0 saturated heterocycles. The Morgan fingerprint density at radius 2 is 1.63 bits per heavy atom. The van der Waals surface area contributed by atoms with E-state index in [1.165, 1.54) is 11.0 Å².